The average Bonchev–Trinajstić information content (AvgIpc) is 2.25. The van der Waals surface area contributed by atoms with Crippen LogP contribution in [0.4, 0.5) is 8.78 Å². The third kappa shape index (κ3) is 4.88. The molecule has 0 N–H and O–H groups in total. The van der Waals surface area contributed by atoms with Crippen molar-refractivity contribution in [2.24, 2.45) is 0 Å². The number of hydrogen-bond acceptors (Lipinski definition) is 2. The van der Waals surface area contributed by atoms with E-state index in [1.54, 1.807) is 12.2 Å². The molecule has 0 heterocycles. The quantitative estimate of drug-likeness (QED) is 0.602. The lowest BCUT2D eigenvalue weighted by Gasteiger charge is -1.99. The van der Waals surface area contributed by atoms with E-state index in [1.165, 1.54) is 30.8 Å². The number of thioether (sulfide) groups is 1. The van der Waals surface area contributed by atoms with E-state index >= 15 is 0 Å². The van der Waals surface area contributed by atoms with E-state index in [4.69, 9.17) is 11.6 Å². The molecule has 0 saturated carbocycles. The smallest absolute Gasteiger partial charge is 0.185 e. The fourth-order valence-electron chi connectivity index (χ4n) is 1.16. The van der Waals surface area contributed by atoms with E-state index in [2.05, 4.69) is 0 Å². The first kappa shape index (κ1) is 14.2. The van der Waals surface area contributed by atoms with E-state index in [0.29, 0.717) is 17.7 Å². The highest BCUT2D eigenvalue weighted by atomic mass is 35.5. The molecule has 92 valence electrons. The topological polar surface area (TPSA) is 17.1 Å². The lowest BCUT2D eigenvalue weighted by Crippen LogP contribution is -1.86. The lowest BCUT2D eigenvalue weighted by molar-refractivity contribution is -0.109. The summed E-state index contributed by atoms with van der Waals surface area (Å²) in [5.41, 5.74) is 0.414. The molecule has 0 fully saturated rings. The molecule has 0 aliphatic carbocycles. The van der Waals surface area contributed by atoms with Gasteiger partial charge in [-0.3, -0.25) is 4.79 Å². The Morgan fingerprint density at radius 1 is 1.41 bits per heavy atom. The first-order valence-corrected chi connectivity index (χ1v) is 6.31. The molecule has 1 rings (SSSR count). The second kappa shape index (κ2) is 6.77. The summed E-state index contributed by atoms with van der Waals surface area (Å²) >= 11 is 6.57. The predicted octanol–water partition coefficient (Wildman–Crippen LogP) is 4.30. The first-order chi connectivity index (χ1) is 8.00. The third-order valence-corrected chi connectivity index (χ3v) is 3.11. The largest absolute Gasteiger partial charge is 0.288 e. The number of allylic oxidation sites excluding steroid dienone is 1. The molecule has 1 nitrogen and oxygen atoms in total. The Kier molecular flexibility index (Phi) is 5.65. The maximum absolute atomic E-state index is 13.1. The van der Waals surface area contributed by atoms with E-state index in [-0.39, 0.29) is 5.12 Å². The highest BCUT2D eigenvalue weighted by Crippen LogP contribution is 2.21. The van der Waals surface area contributed by atoms with E-state index in [9.17, 15) is 13.6 Å². The van der Waals surface area contributed by atoms with E-state index in [0.717, 1.165) is 0 Å². The molecule has 0 aromatic heterocycles. The monoisotopic (exact) mass is 276 g/mol. The maximum atomic E-state index is 13.1. The molecular weight excluding hydrogens is 266 g/mol. The molecule has 0 amide bonds. The van der Waals surface area contributed by atoms with Gasteiger partial charge in [-0.2, -0.15) is 0 Å². The molecular formula is C12H11ClF2OS. The molecule has 0 aliphatic rings. The average molecular weight is 277 g/mol. The zero-order valence-corrected chi connectivity index (χ0v) is 10.7. The zero-order chi connectivity index (χ0) is 12.8. The standard InChI is InChI=1S/C12H11ClF2OS/c1-8(16)17-5-3-2-4-9-6-10(14)12(13)11(15)7-9/h2,4,6-7H,3,5H2,1H3. The molecule has 0 spiro atoms. The summed E-state index contributed by atoms with van der Waals surface area (Å²) in [6.07, 6.45) is 4.03. The van der Waals surface area contributed by atoms with Crippen LogP contribution in [-0.4, -0.2) is 10.9 Å². The predicted molar refractivity (Wildman–Crippen MR) is 68.2 cm³/mol. The van der Waals surface area contributed by atoms with Crippen LogP contribution in [-0.2, 0) is 4.79 Å². The number of carbonyl (C=O) groups is 1. The van der Waals surface area contributed by atoms with Gasteiger partial charge in [-0.05, 0) is 24.1 Å². The van der Waals surface area contributed by atoms with Gasteiger partial charge in [-0.15, -0.1) is 0 Å². The van der Waals surface area contributed by atoms with Crippen LogP contribution in [0.3, 0.4) is 0 Å². The summed E-state index contributed by atoms with van der Waals surface area (Å²) in [5.74, 6) is -0.890. The van der Waals surface area contributed by atoms with Gasteiger partial charge in [0.05, 0.1) is 0 Å². The highest BCUT2D eigenvalue weighted by molar-refractivity contribution is 8.13. The van der Waals surface area contributed by atoms with Crippen LogP contribution < -0.4 is 0 Å². The summed E-state index contributed by atoms with van der Waals surface area (Å²) in [6.45, 7) is 1.50. The van der Waals surface area contributed by atoms with Gasteiger partial charge in [0, 0.05) is 12.7 Å². The van der Waals surface area contributed by atoms with Crippen LogP contribution in [0.25, 0.3) is 6.08 Å². The Labute approximate surface area is 108 Å². The zero-order valence-electron chi connectivity index (χ0n) is 9.17. The van der Waals surface area contributed by atoms with Crippen LogP contribution >= 0.6 is 23.4 Å². The molecule has 0 radical (unpaired) electrons. The highest BCUT2D eigenvalue weighted by Gasteiger charge is 2.06. The molecule has 0 bridgehead atoms. The van der Waals surface area contributed by atoms with Crippen LogP contribution in [0.5, 0.6) is 0 Å². The van der Waals surface area contributed by atoms with Crippen molar-refractivity contribution in [3.8, 4) is 0 Å². The van der Waals surface area contributed by atoms with Gasteiger partial charge in [-0.25, -0.2) is 8.78 Å². The van der Waals surface area contributed by atoms with Crippen molar-refractivity contribution in [2.45, 2.75) is 13.3 Å². The minimum Gasteiger partial charge on any atom is -0.288 e. The van der Waals surface area contributed by atoms with Gasteiger partial charge >= 0.3 is 0 Å². The Hall–Kier alpha value is -0.870. The Balaban J connectivity index is 2.57. The van der Waals surface area contributed by atoms with Crippen molar-refractivity contribution in [1.29, 1.82) is 0 Å². The van der Waals surface area contributed by atoms with Gasteiger partial charge in [0.2, 0.25) is 0 Å². The minimum atomic E-state index is -0.774. The Morgan fingerprint density at radius 3 is 2.53 bits per heavy atom. The van der Waals surface area contributed by atoms with Gasteiger partial charge < -0.3 is 0 Å². The fourth-order valence-corrected chi connectivity index (χ4v) is 1.81. The summed E-state index contributed by atoms with van der Waals surface area (Å²) in [7, 11) is 0. The van der Waals surface area contributed by atoms with E-state index < -0.39 is 16.7 Å². The number of hydrogen-bond donors (Lipinski definition) is 0. The molecule has 0 saturated heterocycles. The number of halogens is 3. The Bertz CT molecular complexity index is 423. The molecule has 17 heavy (non-hydrogen) atoms. The van der Waals surface area contributed by atoms with Crippen molar-refractivity contribution >= 4 is 34.6 Å². The molecule has 5 heteroatoms. The van der Waals surface area contributed by atoms with Crippen molar-refractivity contribution in [3.63, 3.8) is 0 Å². The van der Waals surface area contributed by atoms with Gasteiger partial charge in [0.15, 0.2) is 5.12 Å². The molecule has 0 atom stereocenters. The number of benzene rings is 1. The summed E-state index contributed by atoms with van der Waals surface area (Å²) in [4.78, 5) is 10.6. The first-order valence-electron chi connectivity index (χ1n) is 4.95. The molecule has 1 aromatic carbocycles. The van der Waals surface area contributed by atoms with Crippen LogP contribution in [0, 0.1) is 11.6 Å². The summed E-state index contributed by atoms with van der Waals surface area (Å²) in [6, 6.07) is 2.33. The van der Waals surface area contributed by atoms with Crippen molar-refractivity contribution < 1.29 is 13.6 Å². The van der Waals surface area contributed by atoms with Crippen LogP contribution in [0.1, 0.15) is 18.9 Å². The molecule has 1 aromatic rings. The molecule has 0 unspecified atom stereocenters. The Morgan fingerprint density at radius 2 is 2.00 bits per heavy atom. The maximum Gasteiger partial charge on any atom is 0.185 e. The normalized spacial score (nSPS) is 11.1. The lowest BCUT2D eigenvalue weighted by atomic mass is 10.2. The fraction of sp³-hybridized carbons (Fsp3) is 0.250. The third-order valence-electron chi connectivity index (χ3n) is 1.91. The van der Waals surface area contributed by atoms with E-state index in [1.807, 2.05) is 0 Å². The van der Waals surface area contributed by atoms with Crippen molar-refractivity contribution in [2.75, 3.05) is 5.75 Å². The van der Waals surface area contributed by atoms with Crippen molar-refractivity contribution in [1.82, 2.24) is 0 Å². The van der Waals surface area contributed by atoms with Crippen LogP contribution in [0.15, 0.2) is 18.2 Å². The van der Waals surface area contributed by atoms with Crippen LogP contribution in [0.2, 0.25) is 5.02 Å². The van der Waals surface area contributed by atoms with Gasteiger partial charge in [0.1, 0.15) is 16.7 Å². The van der Waals surface area contributed by atoms with Gasteiger partial charge in [0.25, 0.3) is 0 Å². The minimum absolute atomic E-state index is 0.0574. The van der Waals surface area contributed by atoms with Gasteiger partial charge in [-0.1, -0.05) is 35.5 Å². The second-order valence-electron chi connectivity index (χ2n) is 3.33. The summed E-state index contributed by atoms with van der Waals surface area (Å²) in [5, 5.41) is -0.434. The van der Waals surface area contributed by atoms with Crippen molar-refractivity contribution in [3.05, 3.63) is 40.4 Å². The SMILES string of the molecule is CC(=O)SCCC=Cc1cc(F)c(Cl)c(F)c1. The summed E-state index contributed by atoms with van der Waals surface area (Å²) < 4.78 is 26.1. The second-order valence-corrected chi connectivity index (χ2v) is 4.98. The number of rotatable bonds is 4. The number of carbonyl (C=O) groups excluding carboxylic acids is 1. The molecule has 0 aliphatic heterocycles.